The molecule has 1 rings (SSSR count). The van der Waals surface area contributed by atoms with E-state index in [2.05, 4.69) is 9.98 Å². The third-order valence-corrected chi connectivity index (χ3v) is 2.05. The fourth-order valence-corrected chi connectivity index (χ4v) is 1.30. The first-order valence-corrected chi connectivity index (χ1v) is 5.04. The predicted octanol–water partition coefficient (Wildman–Crippen LogP) is 0.0170. The van der Waals surface area contributed by atoms with Crippen molar-refractivity contribution in [2.24, 2.45) is 27.2 Å². The van der Waals surface area contributed by atoms with Crippen LogP contribution in [0.4, 0.5) is 11.4 Å². The lowest BCUT2D eigenvalue weighted by molar-refractivity contribution is -0.384. The second-order valence-corrected chi connectivity index (χ2v) is 3.52. The van der Waals surface area contributed by atoms with Crippen molar-refractivity contribution in [3.05, 3.63) is 33.9 Å². The standard InChI is InChI=1S/C10H12N6O3/c1-5(17)7-4-6(16(18)19)2-3-8(7)14-10(13)15-9(11)12/h2-4H,1H3,(H6,11,12,13,14,15). The van der Waals surface area contributed by atoms with Gasteiger partial charge >= 0.3 is 0 Å². The van der Waals surface area contributed by atoms with Gasteiger partial charge in [0.15, 0.2) is 11.7 Å². The van der Waals surface area contributed by atoms with Gasteiger partial charge in [-0.3, -0.25) is 14.9 Å². The maximum Gasteiger partial charge on any atom is 0.270 e. The third-order valence-electron chi connectivity index (χ3n) is 2.05. The molecule has 0 bridgehead atoms. The fraction of sp³-hybridized carbons (Fsp3) is 0.100. The van der Waals surface area contributed by atoms with Gasteiger partial charge in [0, 0.05) is 17.7 Å². The number of guanidine groups is 2. The number of hydrogen-bond donors (Lipinski definition) is 3. The number of carbonyl (C=O) groups is 1. The number of aliphatic imine (C=N–C) groups is 2. The average Bonchev–Trinajstić information content (AvgIpc) is 2.27. The highest BCUT2D eigenvalue weighted by Crippen LogP contribution is 2.25. The van der Waals surface area contributed by atoms with Crippen LogP contribution in [0.2, 0.25) is 0 Å². The van der Waals surface area contributed by atoms with E-state index in [1.807, 2.05) is 0 Å². The van der Waals surface area contributed by atoms with E-state index < -0.39 is 4.92 Å². The maximum absolute atomic E-state index is 11.4. The summed E-state index contributed by atoms with van der Waals surface area (Å²) in [4.78, 5) is 28.8. The smallest absolute Gasteiger partial charge is 0.270 e. The van der Waals surface area contributed by atoms with Crippen LogP contribution in [0, 0.1) is 10.1 Å². The number of non-ortho nitro benzene ring substituents is 1. The highest BCUT2D eigenvalue weighted by Gasteiger charge is 2.13. The maximum atomic E-state index is 11.4. The zero-order valence-corrected chi connectivity index (χ0v) is 10.0. The van der Waals surface area contributed by atoms with Gasteiger partial charge in [0.2, 0.25) is 5.96 Å². The lowest BCUT2D eigenvalue weighted by atomic mass is 10.1. The highest BCUT2D eigenvalue weighted by molar-refractivity contribution is 6.01. The summed E-state index contributed by atoms with van der Waals surface area (Å²) in [5.74, 6) is -0.927. The van der Waals surface area contributed by atoms with Gasteiger partial charge in [-0.15, -0.1) is 0 Å². The molecule has 0 aliphatic heterocycles. The molecule has 9 nitrogen and oxygen atoms in total. The normalized spacial score (nSPS) is 10.9. The van der Waals surface area contributed by atoms with Crippen molar-refractivity contribution in [1.29, 1.82) is 0 Å². The molecule has 0 heterocycles. The van der Waals surface area contributed by atoms with E-state index in [1.165, 1.54) is 19.1 Å². The van der Waals surface area contributed by atoms with Crippen LogP contribution in [0.5, 0.6) is 0 Å². The van der Waals surface area contributed by atoms with E-state index >= 15 is 0 Å². The Balaban J connectivity index is 3.32. The summed E-state index contributed by atoms with van der Waals surface area (Å²) in [6, 6.07) is 3.61. The molecule has 6 N–H and O–H groups in total. The number of benzene rings is 1. The molecule has 19 heavy (non-hydrogen) atoms. The molecule has 100 valence electrons. The Kier molecular flexibility index (Phi) is 4.14. The van der Waals surface area contributed by atoms with Gasteiger partial charge in [-0.2, -0.15) is 4.99 Å². The van der Waals surface area contributed by atoms with Crippen molar-refractivity contribution in [3.8, 4) is 0 Å². The fourth-order valence-electron chi connectivity index (χ4n) is 1.30. The summed E-state index contributed by atoms with van der Waals surface area (Å²) >= 11 is 0. The van der Waals surface area contributed by atoms with Crippen molar-refractivity contribution in [2.45, 2.75) is 6.92 Å². The molecule has 0 spiro atoms. The topological polar surface area (TPSA) is 163 Å². The van der Waals surface area contributed by atoms with E-state index in [4.69, 9.17) is 17.2 Å². The minimum atomic E-state index is -0.612. The number of nitro groups is 1. The van der Waals surface area contributed by atoms with Gasteiger partial charge in [0.05, 0.1) is 10.6 Å². The first-order valence-electron chi connectivity index (χ1n) is 5.04. The van der Waals surface area contributed by atoms with Crippen LogP contribution >= 0.6 is 0 Å². The van der Waals surface area contributed by atoms with Gasteiger partial charge < -0.3 is 17.2 Å². The molecule has 0 aromatic heterocycles. The number of nitrogens with two attached hydrogens (primary N) is 3. The summed E-state index contributed by atoms with van der Waals surface area (Å²) in [5.41, 5.74) is 15.7. The van der Waals surface area contributed by atoms with Crippen LogP contribution < -0.4 is 17.2 Å². The summed E-state index contributed by atoms with van der Waals surface area (Å²) in [6.45, 7) is 1.26. The van der Waals surface area contributed by atoms with Crippen LogP contribution in [-0.2, 0) is 0 Å². The van der Waals surface area contributed by atoms with Crippen molar-refractivity contribution >= 4 is 29.1 Å². The number of rotatable bonds is 3. The van der Waals surface area contributed by atoms with Gasteiger partial charge in [-0.1, -0.05) is 0 Å². The lowest BCUT2D eigenvalue weighted by Crippen LogP contribution is -2.26. The summed E-state index contributed by atoms with van der Waals surface area (Å²) < 4.78 is 0. The second-order valence-electron chi connectivity index (χ2n) is 3.52. The number of ketones is 1. The summed E-state index contributed by atoms with van der Waals surface area (Å²) in [7, 11) is 0. The van der Waals surface area contributed by atoms with Gasteiger partial charge in [0.1, 0.15) is 0 Å². The van der Waals surface area contributed by atoms with Gasteiger partial charge in [-0.25, -0.2) is 4.99 Å². The van der Waals surface area contributed by atoms with Crippen LogP contribution in [0.25, 0.3) is 0 Å². The van der Waals surface area contributed by atoms with E-state index in [0.29, 0.717) is 0 Å². The average molecular weight is 264 g/mol. The number of hydrogen-bond acceptors (Lipinski definition) is 4. The highest BCUT2D eigenvalue weighted by atomic mass is 16.6. The third kappa shape index (κ3) is 3.77. The monoisotopic (exact) mass is 264 g/mol. The minimum Gasteiger partial charge on any atom is -0.370 e. The zero-order chi connectivity index (χ0) is 14.6. The zero-order valence-electron chi connectivity index (χ0n) is 10.0. The van der Waals surface area contributed by atoms with E-state index in [0.717, 1.165) is 6.07 Å². The number of Topliss-reactive ketones (excluding diaryl/α,β-unsaturated/α-hetero) is 1. The van der Waals surface area contributed by atoms with Crippen molar-refractivity contribution in [2.75, 3.05) is 0 Å². The molecule has 1 aromatic rings. The number of nitro benzene ring substituents is 1. The first kappa shape index (κ1) is 14.1. The van der Waals surface area contributed by atoms with Gasteiger partial charge in [-0.05, 0) is 13.0 Å². The first-order chi connectivity index (χ1) is 8.81. The molecule has 0 aliphatic carbocycles. The Morgan fingerprint density at radius 2 is 1.95 bits per heavy atom. The molecule has 0 amide bonds. The van der Waals surface area contributed by atoms with Gasteiger partial charge in [0.25, 0.3) is 5.69 Å². The van der Waals surface area contributed by atoms with Crippen LogP contribution in [0.1, 0.15) is 17.3 Å². The molecular weight excluding hydrogens is 252 g/mol. The largest absolute Gasteiger partial charge is 0.370 e. The van der Waals surface area contributed by atoms with E-state index in [-0.39, 0.29) is 34.6 Å². The van der Waals surface area contributed by atoms with Crippen LogP contribution in [0.3, 0.4) is 0 Å². The Hall–Kier alpha value is -2.97. The molecule has 0 fully saturated rings. The summed E-state index contributed by atoms with van der Waals surface area (Å²) in [6.07, 6.45) is 0. The van der Waals surface area contributed by atoms with Crippen LogP contribution in [0.15, 0.2) is 28.2 Å². The number of carbonyl (C=O) groups excluding carboxylic acids is 1. The van der Waals surface area contributed by atoms with E-state index in [1.54, 1.807) is 0 Å². The molecule has 0 radical (unpaired) electrons. The molecule has 0 aliphatic rings. The lowest BCUT2D eigenvalue weighted by Gasteiger charge is -2.02. The second kappa shape index (κ2) is 5.58. The SMILES string of the molecule is CC(=O)c1cc([N+](=O)[O-])ccc1N=C(N)N=C(N)N. The van der Waals surface area contributed by atoms with Crippen molar-refractivity contribution in [1.82, 2.24) is 0 Å². The summed E-state index contributed by atoms with van der Waals surface area (Å²) in [5, 5.41) is 10.6. The Morgan fingerprint density at radius 3 is 2.42 bits per heavy atom. The molecule has 0 saturated heterocycles. The Bertz CT molecular complexity index is 589. The Morgan fingerprint density at radius 1 is 1.32 bits per heavy atom. The molecule has 9 heteroatoms. The number of nitrogens with zero attached hydrogens (tertiary/aromatic N) is 3. The molecule has 0 atom stereocenters. The molecule has 0 unspecified atom stereocenters. The molecular formula is C10H12N6O3. The van der Waals surface area contributed by atoms with Crippen LogP contribution in [-0.4, -0.2) is 22.6 Å². The quantitative estimate of drug-likeness (QED) is 0.229. The molecule has 0 saturated carbocycles. The predicted molar refractivity (Wildman–Crippen MR) is 70.2 cm³/mol. The van der Waals surface area contributed by atoms with E-state index in [9.17, 15) is 14.9 Å². The Labute approximate surface area is 108 Å². The molecule has 1 aromatic carbocycles. The minimum absolute atomic E-state index is 0.0583. The van der Waals surface area contributed by atoms with Crippen molar-refractivity contribution < 1.29 is 9.72 Å². The van der Waals surface area contributed by atoms with Crippen molar-refractivity contribution in [3.63, 3.8) is 0 Å².